The molecule has 0 aliphatic carbocycles. The number of nitrogens with two attached hydrogens (primary N) is 1. The molecular weight excluding hydrogens is 252 g/mol. The Kier molecular flexibility index (Phi) is 3.52. The first-order valence-corrected chi connectivity index (χ1v) is 6.40. The smallest absolute Gasteiger partial charge is 0.258 e. The summed E-state index contributed by atoms with van der Waals surface area (Å²) in [6.07, 6.45) is 4.25. The van der Waals surface area contributed by atoms with Crippen molar-refractivity contribution in [3.63, 3.8) is 0 Å². The molecule has 0 atom stereocenters. The highest BCUT2D eigenvalue weighted by atomic mass is 16.5. The highest BCUT2D eigenvalue weighted by molar-refractivity contribution is 5.59. The first-order valence-electron chi connectivity index (χ1n) is 6.40. The largest absolute Gasteiger partial charge is 0.334 e. The maximum atomic E-state index is 5.57. The SMILES string of the molecule is NCCc1cccc(-c2nc(-c3cccnc3)no2)c1. The van der Waals surface area contributed by atoms with Gasteiger partial charge < -0.3 is 10.3 Å². The molecule has 5 heteroatoms. The standard InChI is InChI=1S/C15H14N4O/c16-7-6-11-3-1-4-12(9-11)15-18-14(19-20-15)13-5-2-8-17-10-13/h1-5,8-10H,6-7,16H2. The van der Waals surface area contributed by atoms with E-state index >= 15 is 0 Å². The van der Waals surface area contributed by atoms with Crippen molar-refractivity contribution in [2.24, 2.45) is 5.73 Å². The zero-order valence-electron chi connectivity index (χ0n) is 10.9. The Morgan fingerprint density at radius 2 is 2.00 bits per heavy atom. The van der Waals surface area contributed by atoms with Gasteiger partial charge in [0.05, 0.1) is 0 Å². The van der Waals surface area contributed by atoms with Crippen molar-refractivity contribution in [3.8, 4) is 22.8 Å². The predicted molar refractivity (Wildman–Crippen MR) is 75.7 cm³/mol. The molecule has 0 fully saturated rings. The van der Waals surface area contributed by atoms with Crippen LogP contribution in [0.5, 0.6) is 0 Å². The average molecular weight is 266 g/mol. The van der Waals surface area contributed by atoms with Crippen LogP contribution in [-0.4, -0.2) is 21.7 Å². The maximum absolute atomic E-state index is 5.57. The molecule has 2 heterocycles. The molecule has 0 unspecified atom stereocenters. The molecule has 3 rings (SSSR count). The monoisotopic (exact) mass is 266 g/mol. The van der Waals surface area contributed by atoms with Crippen LogP contribution < -0.4 is 5.73 Å². The zero-order valence-corrected chi connectivity index (χ0v) is 10.9. The first kappa shape index (κ1) is 12.5. The van der Waals surface area contributed by atoms with Gasteiger partial charge in [-0.05, 0) is 42.8 Å². The third-order valence-corrected chi connectivity index (χ3v) is 2.95. The average Bonchev–Trinajstić information content (AvgIpc) is 2.99. The lowest BCUT2D eigenvalue weighted by molar-refractivity contribution is 0.432. The van der Waals surface area contributed by atoms with Crippen molar-refractivity contribution >= 4 is 0 Å². The molecule has 100 valence electrons. The predicted octanol–water partition coefficient (Wildman–Crippen LogP) is 2.30. The number of hydrogen-bond donors (Lipinski definition) is 1. The highest BCUT2D eigenvalue weighted by Gasteiger charge is 2.10. The van der Waals surface area contributed by atoms with Gasteiger partial charge in [0.25, 0.3) is 5.89 Å². The summed E-state index contributed by atoms with van der Waals surface area (Å²) >= 11 is 0. The van der Waals surface area contributed by atoms with Crippen molar-refractivity contribution in [2.75, 3.05) is 6.54 Å². The number of hydrogen-bond acceptors (Lipinski definition) is 5. The van der Waals surface area contributed by atoms with E-state index in [2.05, 4.69) is 15.1 Å². The Balaban J connectivity index is 1.92. The fourth-order valence-electron chi connectivity index (χ4n) is 1.98. The molecule has 5 nitrogen and oxygen atoms in total. The second-order valence-corrected chi connectivity index (χ2v) is 4.40. The summed E-state index contributed by atoms with van der Waals surface area (Å²) < 4.78 is 5.32. The lowest BCUT2D eigenvalue weighted by Gasteiger charge is -1.99. The summed E-state index contributed by atoms with van der Waals surface area (Å²) in [4.78, 5) is 8.45. The fraction of sp³-hybridized carbons (Fsp3) is 0.133. The van der Waals surface area contributed by atoms with E-state index in [0.29, 0.717) is 18.3 Å². The lowest BCUT2D eigenvalue weighted by Crippen LogP contribution is -2.02. The van der Waals surface area contributed by atoms with Crippen LogP contribution in [0, 0.1) is 0 Å². The van der Waals surface area contributed by atoms with Gasteiger partial charge in [0.2, 0.25) is 5.82 Å². The molecular formula is C15H14N4O. The molecule has 3 aromatic rings. The summed E-state index contributed by atoms with van der Waals surface area (Å²) in [7, 11) is 0. The fourth-order valence-corrected chi connectivity index (χ4v) is 1.98. The number of pyridine rings is 1. The minimum atomic E-state index is 0.503. The van der Waals surface area contributed by atoms with Crippen molar-refractivity contribution in [1.82, 2.24) is 15.1 Å². The molecule has 0 saturated carbocycles. The second-order valence-electron chi connectivity index (χ2n) is 4.40. The molecule has 0 saturated heterocycles. The Labute approximate surface area is 116 Å². The minimum absolute atomic E-state index is 0.503. The van der Waals surface area contributed by atoms with Crippen LogP contribution in [-0.2, 0) is 6.42 Å². The normalized spacial score (nSPS) is 10.7. The summed E-state index contributed by atoms with van der Waals surface area (Å²) in [6.45, 7) is 0.619. The van der Waals surface area contributed by atoms with E-state index in [9.17, 15) is 0 Å². The van der Waals surface area contributed by atoms with E-state index < -0.39 is 0 Å². The third-order valence-electron chi connectivity index (χ3n) is 2.95. The summed E-state index contributed by atoms with van der Waals surface area (Å²) in [5.41, 5.74) is 8.46. The number of benzene rings is 1. The van der Waals surface area contributed by atoms with E-state index in [4.69, 9.17) is 10.3 Å². The van der Waals surface area contributed by atoms with Gasteiger partial charge in [0, 0.05) is 23.5 Å². The minimum Gasteiger partial charge on any atom is -0.334 e. The molecule has 0 aliphatic rings. The maximum Gasteiger partial charge on any atom is 0.258 e. The van der Waals surface area contributed by atoms with E-state index in [1.807, 2.05) is 36.4 Å². The van der Waals surface area contributed by atoms with E-state index in [1.165, 1.54) is 0 Å². The molecule has 0 aliphatic heterocycles. The molecule has 0 spiro atoms. The number of aromatic nitrogens is 3. The second kappa shape index (κ2) is 5.63. The Bertz CT molecular complexity index is 694. The molecule has 20 heavy (non-hydrogen) atoms. The van der Waals surface area contributed by atoms with Gasteiger partial charge in [-0.1, -0.05) is 17.3 Å². The molecule has 0 amide bonds. The zero-order chi connectivity index (χ0) is 13.8. The highest BCUT2D eigenvalue weighted by Crippen LogP contribution is 2.22. The van der Waals surface area contributed by atoms with Crippen molar-refractivity contribution in [3.05, 3.63) is 54.4 Å². The van der Waals surface area contributed by atoms with E-state index in [0.717, 1.165) is 23.1 Å². The van der Waals surface area contributed by atoms with Gasteiger partial charge in [-0.2, -0.15) is 4.98 Å². The topological polar surface area (TPSA) is 77.8 Å². The van der Waals surface area contributed by atoms with Crippen LogP contribution in [0.3, 0.4) is 0 Å². The Hall–Kier alpha value is -2.53. The van der Waals surface area contributed by atoms with Gasteiger partial charge in [-0.3, -0.25) is 4.98 Å². The quantitative estimate of drug-likeness (QED) is 0.784. The summed E-state index contributed by atoms with van der Waals surface area (Å²) in [5, 5.41) is 3.99. The van der Waals surface area contributed by atoms with Crippen molar-refractivity contribution < 1.29 is 4.52 Å². The molecule has 2 aromatic heterocycles. The van der Waals surface area contributed by atoms with Crippen LogP contribution in [0.15, 0.2) is 53.3 Å². The molecule has 0 radical (unpaired) electrons. The van der Waals surface area contributed by atoms with Crippen molar-refractivity contribution in [1.29, 1.82) is 0 Å². The Morgan fingerprint density at radius 1 is 1.10 bits per heavy atom. The van der Waals surface area contributed by atoms with Gasteiger partial charge >= 0.3 is 0 Å². The van der Waals surface area contributed by atoms with Crippen LogP contribution >= 0.6 is 0 Å². The molecule has 1 aromatic carbocycles. The van der Waals surface area contributed by atoms with Crippen LogP contribution in [0.2, 0.25) is 0 Å². The van der Waals surface area contributed by atoms with E-state index in [1.54, 1.807) is 12.4 Å². The van der Waals surface area contributed by atoms with Crippen LogP contribution in [0.1, 0.15) is 5.56 Å². The lowest BCUT2D eigenvalue weighted by atomic mass is 10.1. The van der Waals surface area contributed by atoms with Gasteiger partial charge in [-0.25, -0.2) is 0 Å². The van der Waals surface area contributed by atoms with Crippen LogP contribution in [0.4, 0.5) is 0 Å². The van der Waals surface area contributed by atoms with Crippen molar-refractivity contribution in [2.45, 2.75) is 6.42 Å². The first-order chi connectivity index (χ1) is 9.86. The summed E-state index contributed by atoms with van der Waals surface area (Å²) in [6, 6.07) is 11.7. The molecule has 0 bridgehead atoms. The summed E-state index contributed by atoms with van der Waals surface area (Å²) in [5.74, 6) is 1.04. The molecule has 2 N–H and O–H groups in total. The van der Waals surface area contributed by atoms with Gasteiger partial charge in [0.1, 0.15) is 0 Å². The third kappa shape index (κ3) is 2.57. The Morgan fingerprint density at radius 3 is 2.80 bits per heavy atom. The van der Waals surface area contributed by atoms with Gasteiger partial charge in [0.15, 0.2) is 0 Å². The number of nitrogens with zero attached hydrogens (tertiary/aromatic N) is 3. The number of rotatable bonds is 4. The van der Waals surface area contributed by atoms with Gasteiger partial charge in [-0.15, -0.1) is 0 Å². The van der Waals surface area contributed by atoms with E-state index in [-0.39, 0.29) is 0 Å². The van der Waals surface area contributed by atoms with Crippen LogP contribution in [0.25, 0.3) is 22.8 Å².